The molecule has 0 unspecified atom stereocenters. The lowest BCUT2D eigenvalue weighted by Gasteiger charge is -2.07. The predicted molar refractivity (Wildman–Crippen MR) is 63.6 cm³/mol. The molecule has 0 spiro atoms. The van der Waals surface area contributed by atoms with E-state index in [1.165, 1.54) is 12.1 Å². The van der Waals surface area contributed by atoms with Crippen molar-refractivity contribution < 1.29 is 14.0 Å². The van der Waals surface area contributed by atoms with Gasteiger partial charge in [-0.05, 0) is 30.7 Å². The summed E-state index contributed by atoms with van der Waals surface area (Å²) in [6.45, 7) is 1.70. The molecule has 0 atom stereocenters. The molecule has 0 radical (unpaired) electrons. The highest BCUT2D eigenvalue weighted by Gasteiger charge is 2.07. The van der Waals surface area contributed by atoms with Crippen LogP contribution < -0.4 is 10.6 Å². The van der Waals surface area contributed by atoms with Gasteiger partial charge in [-0.25, -0.2) is 9.18 Å². The lowest BCUT2D eigenvalue weighted by Crippen LogP contribution is -2.34. The number of halogens is 2. The molecule has 0 aliphatic carbocycles. The molecule has 0 aromatic heterocycles. The Balaban J connectivity index is 2.59. The second-order valence-corrected chi connectivity index (χ2v) is 3.84. The van der Waals surface area contributed by atoms with E-state index >= 15 is 0 Å². The molecule has 3 amide bonds. The van der Waals surface area contributed by atoms with E-state index in [0.717, 1.165) is 0 Å². The van der Waals surface area contributed by atoms with Crippen LogP contribution in [-0.4, -0.2) is 17.8 Å². The van der Waals surface area contributed by atoms with Crippen molar-refractivity contribution >= 4 is 29.2 Å². The molecule has 1 aromatic rings. The molecule has 0 bridgehead atoms. The first kappa shape index (κ1) is 13.4. The average Bonchev–Trinajstić information content (AvgIpc) is 2.14. The highest BCUT2D eigenvalue weighted by Crippen LogP contribution is 2.12. The SMILES string of the molecule is Cc1cc(F)cc(NC(=O)NC(=O)CCCl)c1. The number of hydrogen-bond acceptors (Lipinski definition) is 2. The van der Waals surface area contributed by atoms with Gasteiger partial charge < -0.3 is 5.32 Å². The Kier molecular flexibility index (Phi) is 4.90. The Morgan fingerprint density at radius 1 is 1.35 bits per heavy atom. The van der Waals surface area contributed by atoms with Crippen molar-refractivity contribution in [2.24, 2.45) is 0 Å². The van der Waals surface area contributed by atoms with Gasteiger partial charge in [0, 0.05) is 18.0 Å². The van der Waals surface area contributed by atoms with Crippen LogP contribution in [0.4, 0.5) is 14.9 Å². The maximum absolute atomic E-state index is 13.0. The smallest absolute Gasteiger partial charge is 0.308 e. The Bertz CT molecular complexity index is 417. The van der Waals surface area contributed by atoms with Gasteiger partial charge in [0.15, 0.2) is 0 Å². The summed E-state index contributed by atoms with van der Waals surface area (Å²) in [6.07, 6.45) is 0.0527. The molecule has 0 saturated carbocycles. The fraction of sp³-hybridized carbons (Fsp3) is 0.273. The van der Waals surface area contributed by atoms with Gasteiger partial charge in [0.2, 0.25) is 5.91 Å². The van der Waals surface area contributed by atoms with E-state index in [-0.39, 0.29) is 12.3 Å². The van der Waals surface area contributed by atoms with Crippen molar-refractivity contribution in [3.63, 3.8) is 0 Å². The van der Waals surface area contributed by atoms with Crippen LogP contribution in [0.1, 0.15) is 12.0 Å². The largest absolute Gasteiger partial charge is 0.325 e. The Hall–Kier alpha value is -1.62. The van der Waals surface area contributed by atoms with Gasteiger partial charge in [-0.2, -0.15) is 0 Å². The molecule has 0 saturated heterocycles. The number of alkyl halides is 1. The molecule has 0 aliphatic rings. The number of nitrogens with one attached hydrogen (secondary N) is 2. The fourth-order valence-corrected chi connectivity index (χ4v) is 1.42. The molecule has 0 aliphatic heterocycles. The Morgan fingerprint density at radius 2 is 2.06 bits per heavy atom. The van der Waals surface area contributed by atoms with Crippen molar-refractivity contribution in [3.05, 3.63) is 29.6 Å². The van der Waals surface area contributed by atoms with Crippen molar-refractivity contribution in [2.45, 2.75) is 13.3 Å². The molecule has 0 fully saturated rings. The van der Waals surface area contributed by atoms with Crippen LogP contribution >= 0.6 is 11.6 Å². The lowest BCUT2D eigenvalue weighted by molar-refractivity contribution is -0.119. The van der Waals surface area contributed by atoms with E-state index < -0.39 is 17.8 Å². The maximum Gasteiger partial charge on any atom is 0.325 e. The quantitative estimate of drug-likeness (QED) is 0.818. The number of carbonyl (C=O) groups excluding carboxylic acids is 2. The summed E-state index contributed by atoms with van der Waals surface area (Å²) in [5.41, 5.74) is 0.964. The van der Waals surface area contributed by atoms with Crippen LogP contribution in [0, 0.1) is 12.7 Å². The molecule has 92 valence electrons. The first-order valence-electron chi connectivity index (χ1n) is 4.95. The van der Waals surface area contributed by atoms with E-state index in [9.17, 15) is 14.0 Å². The van der Waals surface area contributed by atoms with E-state index in [1.807, 2.05) is 0 Å². The van der Waals surface area contributed by atoms with Gasteiger partial charge >= 0.3 is 6.03 Å². The molecule has 1 aromatic carbocycles. The van der Waals surface area contributed by atoms with Gasteiger partial charge in [-0.1, -0.05) is 0 Å². The van der Waals surface area contributed by atoms with E-state index in [1.54, 1.807) is 13.0 Å². The van der Waals surface area contributed by atoms with Gasteiger partial charge in [0.05, 0.1) is 0 Å². The van der Waals surface area contributed by atoms with Crippen molar-refractivity contribution in [1.82, 2.24) is 5.32 Å². The number of urea groups is 1. The van der Waals surface area contributed by atoms with Gasteiger partial charge in [0.25, 0.3) is 0 Å². The van der Waals surface area contributed by atoms with Gasteiger partial charge in [-0.3, -0.25) is 10.1 Å². The molecular weight excluding hydrogens is 247 g/mol. The first-order valence-corrected chi connectivity index (χ1v) is 5.48. The summed E-state index contributed by atoms with van der Waals surface area (Å²) in [4.78, 5) is 22.4. The second kappa shape index (κ2) is 6.20. The summed E-state index contributed by atoms with van der Waals surface area (Å²) in [7, 11) is 0. The first-order chi connectivity index (χ1) is 8.01. The summed E-state index contributed by atoms with van der Waals surface area (Å²) >= 11 is 5.34. The van der Waals surface area contributed by atoms with Crippen molar-refractivity contribution in [3.8, 4) is 0 Å². The van der Waals surface area contributed by atoms with Crippen LogP contribution in [0.15, 0.2) is 18.2 Å². The summed E-state index contributed by atoms with van der Waals surface area (Å²) in [5.74, 6) is -0.795. The number of benzene rings is 1. The predicted octanol–water partition coefficient (Wildman–Crippen LogP) is 2.41. The van der Waals surface area contributed by atoms with Gasteiger partial charge in [0.1, 0.15) is 5.82 Å². The number of carbonyl (C=O) groups is 2. The second-order valence-electron chi connectivity index (χ2n) is 3.46. The number of aryl methyl sites for hydroxylation is 1. The molecule has 2 N–H and O–H groups in total. The Morgan fingerprint density at radius 3 is 2.65 bits per heavy atom. The number of imide groups is 1. The van der Waals surface area contributed by atoms with E-state index in [2.05, 4.69) is 10.6 Å². The number of anilines is 1. The molecule has 17 heavy (non-hydrogen) atoms. The lowest BCUT2D eigenvalue weighted by atomic mass is 10.2. The van der Waals surface area contributed by atoms with E-state index in [0.29, 0.717) is 11.3 Å². The normalized spacial score (nSPS) is 9.82. The van der Waals surface area contributed by atoms with Crippen LogP contribution in [0.25, 0.3) is 0 Å². The molecule has 1 rings (SSSR count). The minimum absolute atomic E-state index is 0.0527. The highest BCUT2D eigenvalue weighted by molar-refractivity contribution is 6.19. The molecular formula is C11H12ClFN2O2. The minimum Gasteiger partial charge on any atom is -0.308 e. The summed E-state index contributed by atoms with van der Waals surface area (Å²) in [6, 6.07) is 3.39. The standard InChI is InChI=1S/C11H12ClFN2O2/c1-7-4-8(13)6-9(5-7)14-11(17)15-10(16)2-3-12/h4-6H,2-3H2,1H3,(H2,14,15,16,17). The van der Waals surface area contributed by atoms with Gasteiger partial charge in [-0.15, -0.1) is 11.6 Å². The zero-order valence-corrected chi connectivity index (χ0v) is 9.97. The monoisotopic (exact) mass is 258 g/mol. The fourth-order valence-electron chi connectivity index (χ4n) is 1.25. The van der Waals surface area contributed by atoms with Crippen molar-refractivity contribution in [2.75, 3.05) is 11.2 Å². The minimum atomic E-state index is -0.704. The third-order valence-corrected chi connectivity index (χ3v) is 2.06. The third-order valence-electron chi connectivity index (χ3n) is 1.87. The average molecular weight is 259 g/mol. The topological polar surface area (TPSA) is 58.2 Å². The number of hydrogen-bond donors (Lipinski definition) is 2. The maximum atomic E-state index is 13.0. The molecule has 6 heteroatoms. The third kappa shape index (κ3) is 4.82. The molecule has 4 nitrogen and oxygen atoms in total. The van der Waals surface area contributed by atoms with Crippen LogP contribution in [0.5, 0.6) is 0 Å². The highest BCUT2D eigenvalue weighted by atomic mass is 35.5. The summed E-state index contributed by atoms with van der Waals surface area (Å²) < 4.78 is 13.0. The van der Waals surface area contributed by atoms with E-state index in [4.69, 9.17) is 11.6 Å². The van der Waals surface area contributed by atoms with Crippen molar-refractivity contribution in [1.29, 1.82) is 0 Å². The Labute approximate surface area is 103 Å². The van der Waals surface area contributed by atoms with Crippen LogP contribution in [0.3, 0.4) is 0 Å². The summed E-state index contributed by atoms with van der Waals surface area (Å²) in [5, 5.41) is 4.43. The zero-order valence-electron chi connectivity index (χ0n) is 9.22. The van der Waals surface area contributed by atoms with Crippen LogP contribution in [0.2, 0.25) is 0 Å². The number of amides is 3. The van der Waals surface area contributed by atoms with Crippen LogP contribution in [-0.2, 0) is 4.79 Å². The number of rotatable bonds is 3. The molecule has 0 heterocycles. The zero-order chi connectivity index (χ0) is 12.8.